The van der Waals surface area contributed by atoms with Crippen LogP contribution in [0.1, 0.15) is 27.0 Å². The number of ether oxygens (including phenoxy) is 4. The zero-order chi connectivity index (χ0) is 22.1. The Labute approximate surface area is 186 Å². The Morgan fingerprint density at radius 1 is 1.03 bits per heavy atom. The molecule has 0 atom stereocenters. The first-order valence-electron chi connectivity index (χ1n) is 10.4. The predicted octanol–water partition coefficient (Wildman–Crippen LogP) is 4.67. The fourth-order valence-electron chi connectivity index (χ4n) is 4.03. The van der Waals surface area contributed by atoms with Crippen molar-refractivity contribution < 1.29 is 23.7 Å². The van der Waals surface area contributed by atoms with E-state index >= 15 is 0 Å². The minimum Gasteiger partial charge on any atom is -0.497 e. The van der Waals surface area contributed by atoms with E-state index in [9.17, 15) is 4.79 Å². The highest BCUT2D eigenvalue weighted by atomic mass is 16.5. The van der Waals surface area contributed by atoms with E-state index in [4.69, 9.17) is 18.9 Å². The summed E-state index contributed by atoms with van der Waals surface area (Å²) in [5.74, 6) is 2.71. The molecule has 3 aromatic rings. The molecule has 0 saturated carbocycles. The molecule has 0 aromatic heterocycles. The van der Waals surface area contributed by atoms with E-state index in [-0.39, 0.29) is 11.5 Å². The van der Waals surface area contributed by atoms with E-state index in [0.717, 1.165) is 23.4 Å². The summed E-state index contributed by atoms with van der Waals surface area (Å²) in [6, 6.07) is 19.3. The summed E-state index contributed by atoms with van der Waals surface area (Å²) in [6.45, 7) is 1.88. The van der Waals surface area contributed by atoms with Crippen molar-refractivity contribution in [3.63, 3.8) is 0 Å². The molecule has 0 aliphatic carbocycles. The molecule has 0 unspecified atom stereocenters. The van der Waals surface area contributed by atoms with Gasteiger partial charge in [-0.3, -0.25) is 9.69 Å². The Kier molecular flexibility index (Phi) is 5.29. The number of hydrogen-bond acceptors (Lipinski definition) is 6. The van der Waals surface area contributed by atoms with Gasteiger partial charge in [-0.15, -0.1) is 0 Å². The third kappa shape index (κ3) is 3.69. The van der Waals surface area contributed by atoms with Crippen LogP contribution in [0.4, 0.5) is 0 Å². The van der Waals surface area contributed by atoms with Gasteiger partial charge in [-0.25, -0.2) is 0 Å². The van der Waals surface area contributed by atoms with Crippen LogP contribution in [0.25, 0.3) is 6.08 Å². The molecular formula is C26H23NO5. The number of Topliss-reactive ketones (excluding diaryl/α,β-unsaturated/α-hetero) is 1. The summed E-state index contributed by atoms with van der Waals surface area (Å²) in [4.78, 5) is 15.2. The molecule has 6 heteroatoms. The number of carbonyl (C=O) groups is 1. The molecule has 2 aliphatic rings. The molecule has 0 amide bonds. The number of methoxy groups -OCH3 is 2. The molecule has 162 valence electrons. The maximum atomic E-state index is 13.1. The zero-order valence-electron chi connectivity index (χ0n) is 18.0. The van der Waals surface area contributed by atoms with Gasteiger partial charge in [0.05, 0.1) is 25.3 Å². The van der Waals surface area contributed by atoms with Crippen LogP contribution in [0.3, 0.4) is 0 Å². The van der Waals surface area contributed by atoms with Gasteiger partial charge in [0, 0.05) is 24.7 Å². The van der Waals surface area contributed by atoms with Gasteiger partial charge in [0.15, 0.2) is 5.76 Å². The van der Waals surface area contributed by atoms with Crippen molar-refractivity contribution in [3.8, 4) is 23.0 Å². The molecule has 0 fully saturated rings. The Hall–Kier alpha value is -3.77. The van der Waals surface area contributed by atoms with Crippen molar-refractivity contribution in [2.24, 2.45) is 0 Å². The average Bonchev–Trinajstić information content (AvgIpc) is 3.15. The third-order valence-corrected chi connectivity index (χ3v) is 5.66. The molecule has 0 N–H and O–H groups in total. The van der Waals surface area contributed by atoms with Gasteiger partial charge >= 0.3 is 0 Å². The lowest BCUT2D eigenvalue weighted by molar-refractivity contribution is 0.0873. The highest BCUT2D eigenvalue weighted by Crippen LogP contribution is 2.42. The first-order chi connectivity index (χ1) is 15.7. The number of allylic oxidation sites excluding steroid dienone is 1. The first kappa shape index (κ1) is 20.2. The van der Waals surface area contributed by atoms with Crippen molar-refractivity contribution >= 4 is 11.9 Å². The van der Waals surface area contributed by atoms with Crippen LogP contribution in [0, 0.1) is 0 Å². The van der Waals surface area contributed by atoms with Crippen molar-refractivity contribution in [1.29, 1.82) is 0 Å². The Bertz CT molecular complexity index is 1200. The minimum absolute atomic E-state index is 0.152. The van der Waals surface area contributed by atoms with Crippen molar-refractivity contribution in [2.75, 3.05) is 21.0 Å². The second kappa shape index (κ2) is 8.40. The first-order valence-corrected chi connectivity index (χ1v) is 10.4. The SMILES string of the molecule is COc1ccc(/C=C2\Oc3c(ccc4c3CN(Cc3ccccc3)CO4)C2=O)c(OC)c1. The smallest absolute Gasteiger partial charge is 0.231 e. The van der Waals surface area contributed by atoms with Gasteiger partial charge < -0.3 is 18.9 Å². The van der Waals surface area contributed by atoms with Crippen LogP contribution in [0.5, 0.6) is 23.0 Å². The number of carbonyl (C=O) groups excluding carboxylic acids is 1. The van der Waals surface area contributed by atoms with Crippen LogP contribution < -0.4 is 18.9 Å². The number of hydrogen-bond donors (Lipinski definition) is 0. The summed E-state index contributed by atoms with van der Waals surface area (Å²) in [6.07, 6.45) is 1.71. The lowest BCUT2D eigenvalue weighted by atomic mass is 10.0. The molecule has 0 radical (unpaired) electrons. The number of ketones is 1. The summed E-state index contributed by atoms with van der Waals surface area (Å²) in [5, 5.41) is 0. The molecule has 0 saturated heterocycles. The van der Waals surface area contributed by atoms with Crippen LogP contribution >= 0.6 is 0 Å². The van der Waals surface area contributed by atoms with E-state index in [0.29, 0.717) is 36.1 Å². The van der Waals surface area contributed by atoms with Gasteiger partial charge in [0.1, 0.15) is 29.7 Å². The normalized spacial score (nSPS) is 16.2. The van der Waals surface area contributed by atoms with Gasteiger partial charge in [0.2, 0.25) is 5.78 Å². The highest BCUT2D eigenvalue weighted by molar-refractivity contribution is 6.15. The zero-order valence-corrected chi connectivity index (χ0v) is 18.0. The van der Waals surface area contributed by atoms with Gasteiger partial charge in [-0.2, -0.15) is 0 Å². The maximum Gasteiger partial charge on any atom is 0.231 e. The number of rotatable bonds is 5. The Balaban J connectivity index is 1.44. The monoisotopic (exact) mass is 429 g/mol. The fraction of sp³-hybridized carbons (Fsp3) is 0.192. The molecule has 0 bridgehead atoms. The molecule has 3 aromatic carbocycles. The molecule has 0 spiro atoms. The Morgan fingerprint density at radius 2 is 1.88 bits per heavy atom. The average molecular weight is 429 g/mol. The second-order valence-electron chi connectivity index (χ2n) is 7.71. The van der Waals surface area contributed by atoms with E-state index in [2.05, 4.69) is 17.0 Å². The second-order valence-corrected chi connectivity index (χ2v) is 7.71. The molecule has 6 nitrogen and oxygen atoms in total. The van der Waals surface area contributed by atoms with E-state index < -0.39 is 0 Å². The van der Waals surface area contributed by atoms with E-state index in [1.807, 2.05) is 36.4 Å². The molecular weight excluding hydrogens is 406 g/mol. The van der Waals surface area contributed by atoms with E-state index in [1.165, 1.54) is 5.56 Å². The standard InChI is InChI=1S/C26H23NO5/c1-29-19-9-8-18(23(13-19)30-2)12-24-25(28)20-10-11-22-21(26(20)32-24)15-27(16-31-22)14-17-6-4-3-5-7-17/h3-13H,14-16H2,1-2H3/b24-12-. The maximum absolute atomic E-state index is 13.1. The minimum atomic E-state index is -0.152. The number of nitrogens with zero attached hydrogens (tertiary/aromatic N) is 1. The number of fused-ring (bicyclic) bond motifs is 3. The van der Waals surface area contributed by atoms with Crippen molar-refractivity contribution in [2.45, 2.75) is 13.1 Å². The van der Waals surface area contributed by atoms with Crippen LogP contribution in [0.2, 0.25) is 0 Å². The topological polar surface area (TPSA) is 57.2 Å². The lowest BCUT2D eigenvalue weighted by Gasteiger charge is -2.29. The van der Waals surface area contributed by atoms with Crippen LogP contribution in [0.15, 0.2) is 66.4 Å². The van der Waals surface area contributed by atoms with Crippen LogP contribution in [-0.2, 0) is 13.1 Å². The lowest BCUT2D eigenvalue weighted by Crippen LogP contribution is -2.31. The summed E-state index contributed by atoms with van der Waals surface area (Å²) >= 11 is 0. The number of benzene rings is 3. The van der Waals surface area contributed by atoms with Gasteiger partial charge in [-0.1, -0.05) is 30.3 Å². The fourth-order valence-corrected chi connectivity index (χ4v) is 4.03. The summed E-state index contributed by atoms with van der Waals surface area (Å²) in [7, 11) is 3.18. The molecule has 5 rings (SSSR count). The summed E-state index contributed by atoms with van der Waals surface area (Å²) in [5.41, 5.74) is 3.38. The molecule has 32 heavy (non-hydrogen) atoms. The Morgan fingerprint density at radius 3 is 2.66 bits per heavy atom. The van der Waals surface area contributed by atoms with Gasteiger partial charge in [0.25, 0.3) is 0 Å². The molecule has 2 aliphatic heterocycles. The molecule has 2 heterocycles. The van der Waals surface area contributed by atoms with Crippen LogP contribution in [-0.4, -0.2) is 31.6 Å². The summed E-state index contributed by atoms with van der Waals surface area (Å²) < 4.78 is 22.8. The largest absolute Gasteiger partial charge is 0.497 e. The van der Waals surface area contributed by atoms with E-state index in [1.54, 1.807) is 32.4 Å². The van der Waals surface area contributed by atoms with Crippen molar-refractivity contribution in [3.05, 3.63) is 88.7 Å². The van der Waals surface area contributed by atoms with Gasteiger partial charge in [-0.05, 0) is 35.9 Å². The quantitative estimate of drug-likeness (QED) is 0.550. The predicted molar refractivity (Wildman–Crippen MR) is 120 cm³/mol. The van der Waals surface area contributed by atoms with Crippen molar-refractivity contribution in [1.82, 2.24) is 4.90 Å². The third-order valence-electron chi connectivity index (χ3n) is 5.66. The highest BCUT2D eigenvalue weighted by Gasteiger charge is 2.33.